The number of ether oxygens (including phenoxy) is 12. The van der Waals surface area contributed by atoms with Crippen LogP contribution in [0.25, 0.3) is 0 Å². The van der Waals surface area contributed by atoms with Crippen molar-refractivity contribution in [2.24, 2.45) is 47.3 Å². The average molecular weight is 1750 g/mol. The highest BCUT2D eigenvalue weighted by Gasteiger charge is 2.57. The van der Waals surface area contributed by atoms with Crippen LogP contribution in [0, 0.1) is 47.3 Å². The van der Waals surface area contributed by atoms with E-state index in [1.54, 1.807) is 83.1 Å². The Morgan fingerprint density at radius 1 is 0.427 bits per heavy atom. The molecule has 0 saturated carbocycles. The summed E-state index contributed by atoms with van der Waals surface area (Å²) in [6.07, 6.45) is -19.4. The van der Waals surface area contributed by atoms with E-state index >= 15 is 0 Å². The van der Waals surface area contributed by atoms with Crippen LogP contribution in [0.15, 0.2) is 0 Å². The van der Waals surface area contributed by atoms with Crippen LogP contribution in [-0.4, -0.2) is 352 Å². The molecule has 6 rings (SSSR count). The minimum Gasteiger partial charge on any atom is -0.459 e. The van der Waals surface area contributed by atoms with Gasteiger partial charge in [0, 0.05) is 74.7 Å². The molecule has 0 bridgehead atoms. The summed E-state index contributed by atoms with van der Waals surface area (Å²) < 4.78 is 91.9. The summed E-state index contributed by atoms with van der Waals surface area (Å²) in [5.41, 5.74) is -9.68. The van der Waals surface area contributed by atoms with Gasteiger partial charge in [-0.2, -0.15) is 0 Å². The molecule has 0 radical (unpaired) electrons. The van der Waals surface area contributed by atoms with Gasteiger partial charge in [-0.1, -0.05) is 55.4 Å². The van der Waals surface area contributed by atoms with Gasteiger partial charge in [0.1, 0.15) is 59.4 Å². The monoisotopic (exact) mass is 1750 g/mol. The highest BCUT2D eigenvalue weighted by atomic mass is 31.2. The van der Waals surface area contributed by atoms with E-state index in [0.717, 1.165) is 0 Å². The van der Waals surface area contributed by atoms with Crippen LogP contribution < -0.4 is 0 Å². The molecule has 43 heteroatoms. The largest absolute Gasteiger partial charge is 0.466 e. The molecule has 0 spiro atoms. The number of nitrogens with zero attached hydrogens (tertiary/aromatic N) is 2. The highest BCUT2D eigenvalue weighted by Crippen LogP contribution is 2.45. The van der Waals surface area contributed by atoms with E-state index in [1.807, 2.05) is 51.8 Å². The zero-order chi connectivity index (χ0) is 86.9. The summed E-state index contributed by atoms with van der Waals surface area (Å²) in [7, 11) is 1.07. The van der Waals surface area contributed by atoms with Gasteiger partial charge in [0.2, 0.25) is 0 Å². The maximum Gasteiger partial charge on any atom is 0.466 e. The van der Waals surface area contributed by atoms with Gasteiger partial charge in [-0.3, -0.25) is 19.2 Å². The summed E-state index contributed by atoms with van der Waals surface area (Å²) in [6, 6.07) is -0.648. The van der Waals surface area contributed by atoms with Crippen LogP contribution in [0.4, 0.5) is 0 Å². The van der Waals surface area contributed by atoms with Crippen molar-refractivity contribution in [2.75, 3.05) is 42.4 Å². The second-order valence-corrected chi connectivity index (χ2v) is 36.0. The molecule has 6 aliphatic heterocycles. The summed E-state index contributed by atoms with van der Waals surface area (Å²) in [4.78, 5) is 103. The number of carbonyl (C=O) groups excluding carboxylic acids is 4. The van der Waals surface area contributed by atoms with E-state index in [4.69, 9.17) is 95.3 Å². The Kier molecular flexibility index (Phi) is 48.3. The Balaban J connectivity index is -0.00000191. The predicted molar refractivity (Wildman–Crippen MR) is 419 cm³/mol. The summed E-state index contributed by atoms with van der Waals surface area (Å²) >= 11 is 0. The van der Waals surface area contributed by atoms with Crippen molar-refractivity contribution in [2.45, 2.75) is 358 Å². The first-order chi connectivity index (χ1) is 50.9. The molecule has 700 valence electrons. The molecular weight excluding hydrogens is 1600 g/mol. The van der Waals surface area contributed by atoms with Crippen molar-refractivity contribution in [3.8, 4) is 0 Å². The number of phosphoric acid groups is 2. The molecule has 26 N–H and O–H groups in total. The van der Waals surface area contributed by atoms with Crippen molar-refractivity contribution < 1.29 is 193 Å². The fourth-order valence-electron chi connectivity index (χ4n) is 16.8. The van der Waals surface area contributed by atoms with Gasteiger partial charge < -0.3 is 174 Å². The van der Waals surface area contributed by atoms with Crippen molar-refractivity contribution in [1.82, 2.24) is 9.80 Å². The van der Waals surface area contributed by atoms with Gasteiger partial charge >= 0.3 is 27.6 Å². The third-order valence-corrected chi connectivity index (χ3v) is 23.6. The summed E-state index contributed by atoms with van der Waals surface area (Å²) in [6.45, 7) is 32.7. The molecule has 6 saturated heterocycles. The van der Waals surface area contributed by atoms with Crippen LogP contribution in [0.3, 0.4) is 0 Å². The first-order valence-corrected chi connectivity index (χ1v) is 41.7. The Morgan fingerprint density at radius 2 is 0.692 bits per heavy atom. The quantitative estimate of drug-likeness (QED) is 0.0636. The number of esters is 2. The molecule has 41 nitrogen and oxygen atoms in total. The molecular formula is C74H150N2O39P2. The fourth-order valence-corrected chi connectivity index (χ4v) is 16.8. The standard InChI is InChI=1S/2C37H67NO13.2H3O4P.5H2O/c2*1-14-25-37(10,45)30(41)20(4)27(39)18(2)16-35(8,44)32(51-34-28(40)24(38(11)12)15-19(3)47-34)21(5)29(22(6)33(43)49-25)50-26-17-36(9,46-13)31(42)23(7)48-26;2*1-5(2,3)4;;;;;/h2*18-26,28-32,34,40-42,44-45H,14-17H2,1-13H3;2*(H3,1,2,3,4);5*1H2/t2*18-,19+,20+,21+,22-,23+,24-,25+,26-,28+,29+,30-,31+,32-,34-,35-,36-,37-;;;;;;;/m11......./s1. The first kappa shape index (κ1) is 119. The van der Waals surface area contributed by atoms with Gasteiger partial charge in [-0.15, -0.1) is 0 Å². The van der Waals surface area contributed by atoms with E-state index in [0.29, 0.717) is 12.8 Å². The number of rotatable bonds is 14. The Labute approximate surface area is 687 Å². The summed E-state index contributed by atoms with van der Waals surface area (Å²) in [5.74, 6) is -9.95. The Hall–Kier alpha value is -2.58. The number of Topliss-reactive ketones (excluding diaryl/α,β-unsaturated/α-hetero) is 2. The van der Waals surface area contributed by atoms with Crippen LogP contribution >= 0.6 is 15.6 Å². The maximum absolute atomic E-state index is 14.1. The van der Waals surface area contributed by atoms with Crippen LogP contribution in [0.2, 0.25) is 0 Å². The van der Waals surface area contributed by atoms with Crippen LogP contribution in [-0.2, 0) is 85.2 Å². The Bertz CT molecular complexity index is 2850. The van der Waals surface area contributed by atoms with Gasteiger partial charge in [0.05, 0.1) is 95.3 Å². The smallest absolute Gasteiger partial charge is 0.459 e. The van der Waals surface area contributed by atoms with Crippen LogP contribution in [0.1, 0.15) is 190 Å². The molecule has 6 heterocycles. The normalized spacial score (nSPS) is 44.4. The lowest BCUT2D eigenvalue weighted by Crippen LogP contribution is -2.61. The molecule has 6 aliphatic rings. The number of hydrogen-bond donors (Lipinski definition) is 16. The minimum atomic E-state index is -4.64. The van der Waals surface area contributed by atoms with Gasteiger partial charge in [0.25, 0.3) is 0 Å². The van der Waals surface area contributed by atoms with E-state index in [1.165, 1.54) is 55.8 Å². The number of aliphatic hydroxyl groups is 10. The third-order valence-electron chi connectivity index (χ3n) is 23.6. The van der Waals surface area contributed by atoms with Gasteiger partial charge in [-0.25, -0.2) is 9.13 Å². The lowest BCUT2D eigenvalue weighted by atomic mass is 9.74. The van der Waals surface area contributed by atoms with E-state index in [2.05, 4.69) is 0 Å². The molecule has 0 amide bonds. The number of hydrogen-bond acceptors (Lipinski definition) is 30. The molecule has 0 aromatic rings. The predicted octanol–water partition coefficient (Wildman–Crippen LogP) is -2.41. The molecule has 0 aliphatic carbocycles. The summed E-state index contributed by atoms with van der Waals surface area (Å²) in [5, 5.41) is 115. The van der Waals surface area contributed by atoms with E-state index in [-0.39, 0.29) is 90.2 Å². The fraction of sp³-hybridized carbons (Fsp3) is 0.946. The number of ketones is 2. The van der Waals surface area contributed by atoms with Gasteiger partial charge in [-0.05, 0) is 150 Å². The van der Waals surface area contributed by atoms with Crippen molar-refractivity contribution in [3.05, 3.63) is 0 Å². The topological polar surface area (TPSA) is 701 Å². The lowest BCUT2D eigenvalue weighted by Gasteiger charge is -2.49. The van der Waals surface area contributed by atoms with E-state index in [9.17, 15) is 70.2 Å². The number of cyclic esters (lactones) is 2. The zero-order valence-electron chi connectivity index (χ0n) is 72.8. The number of aliphatic hydroxyl groups excluding tert-OH is 6. The van der Waals surface area contributed by atoms with E-state index < -0.39 is 231 Å². The maximum atomic E-state index is 14.1. The van der Waals surface area contributed by atoms with Crippen molar-refractivity contribution in [3.63, 3.8) is 0 Å². The molecule has 0 aromatic heterocycles. The molecule has 117 heavy (non-hydrogen) atoms. The van der Waals surface area contributed by atoms with Crippen LogP contribution in [0.5, 0.6) is 0 Å². The molecule has 0 aromatic carbocycles. The lowest BCUT2D eigenvalue weighted by molar-refractivity contribution is -0.318. The number of carbonyl (C=O) groups is 4. The molecule has 36 atom stereocenters. The highest BCUT2D eigenvalue weighted by molar-refractivity contribution is 7.45. The minimum absolute atomic E-state index is 0. The first-order valence-electron chi connectivity index (χ1n) is 38.6. The van der Waals surface area contributed by atoms with Gasteiger partial charge in [0.15, 0.2) is 25.2 Å². The van der Waals surface area contributed by atoms with Crippen molar-refractivity contribution >= 4 is 39.2 Å². The van der Waals surface area contributed by atoms with Crippen molar-refractivity contribution in [1.29, 1.82) is 0 Å². The molecule has 6 fully saturated rings. The second kappa shape index (κ2) is 47.7. The average Bonchev–Trinajstić information content (AvgIpc) is 0.795. The number of methoxy groups -OCH3 is 2. The molecule has 0 unspecified atom stereocenters. The zero-order valence-corrected chi connectivity index (χ0v) is 74.6. The Morgan fingerprint density at radius 3 is 0.932 bits per heavy atom. The number of likely N-dealkylation sites (N-methyl/N-ethyl adjacent to an activating group) is 2. The second-order valence-electron chi connectivity index (χ2n) is 34.0. The third kappa shape index (κ3) is 31.5. The SMILES string of the molecule is CC[C@@H]1OC(=O)[C@H](C)[C@@H](O[C@@H]2C[C@@](C)(OC)[C@@H](O)[C@H](C)O2)[C@H](C)[C@@H](O[C@H]2O[C@@H](C)C[C@@H](N(C)C)[C@@H]2O)[C@](C)(O)C[C@@H](C)C(=O)[C@H](C)[C@@H](O)[C@]1(C)O.CC[C@@H]1OC(=O)[C@H](C)[C@@H](O[C@@H]2C[C@@](C)(OC)[C@@H](O)[C@H](C)O2)[C@H](C)[C@@H](O[C@H]2O[C@@H](C)C[C@@H](N(C)C)[C@@H]2O)[C@](C)(O)C[C@@H](C)C(=O)[C@H](C)[C@@H](O)[C@]1(C)O.O.O.O.O.O.O=P(O)(O)O.O=P(O)(O)O.